The van der Waals surface area contributed by atoms with Crippen LogP contribution >= 0.6 is 0 Å². The summed E-state index contributed by atoms with van der Waals surface area (Å²) in [4.78, 5) is 24.0. The number of benzene rings is 2. The quantitative estimate of drug-likeness (QED) is 0.442. The van der Waals surface area contributed by atoms with Crippen LogP contribution in [0, 0.1) is 0 Å². The standard InChI is InChI=1S/C18H15N5O7S2/c1-2-31(26,27)14-5-3-4-11(10-14)20-21-16-15(17(19)24)22-23(18(16)25)12-6-8-13(9-7-12)32(28,29)30/h2-10,16H,1H2,(H2,19,24)(H,28,29,30). The van der Waals surface area contributed by atoms with Crippen molar-refractivity contribution in [1.29, 1.82) is 0 Å². The summed E-state index contributed by atoms with van der Waals surface area (Å²) in [5.41, 5.74) is 5.03. The first kappa shape index (κ1) is 22.9. The van der Waals surface area contributed by atoms with Gasteiger partial charge < -0.3 is 5.73 Å². The first-order valence-electron chi connectivity index (χ1n) is 8.62. The van der Waals surface area contributed by atoms with Crippen LogP contribution in [0.3, 0.4) is 0 Å². The van der Waals surface area contributed by atoms with E-state index in [0.717, 1.165) is 22.5 Å². The molecule has 0 spiro atoms. The molecule has 0 aromatic heterocycles. The van der Waals surface area contributed by atoms with Crippen LogP contribution in [-0.4, -0.2) is 45.0 Å². The molecule has 0 fully saturated rings. The summed E-state index contributed by atoms with van der Waals surface area (Å²) in [6.45, 7) is 3.24. The van der Waals surface area contributed by atoms with Crippen LogP contribution in [-0.2, 0) is 29.5 Å². The molecule has 0 saturated heterocycles. The number of anilines is 1. The lowest BCUT2D eigenvalue weighted by molar-refractivity contribution is -0.118. The van der Waals surface area contributed by atoms with Crippen LogP contribution in [0.1, 0.15) is 0 Å². The minimum absolute atomic E-state index is 0.0814. The van der Waals surface area contributed by atoms with Gasteiger partial charge in [0.15, 0.2) is 15.5 Å². The average molecular weight is 477 g/mol. The first-order chi connectivity index (χ1) is 14.9. The van der Waals surface area contributed by atoms with Crippen molar-refractivity contribution in [3.63, 3.8) is 0 Å². The van der Waals surface area contributed by atoms with Gasteiger partial charge >= 0.3 is 0 Å². The first-order valence-corrected chi connectivity index (χ1v) is 11.6. The average Bonchev–Trinajstić information content (AvgIpc) is 3.08. The molecular weight excluding hydrogens is 462 g/mol. The molecule has 3 rings (SSSR count). The van der Waals surface area contributed by atoms with Gasteiger partial charge in [0.25, 0.3) is 21.9 Å². The number of sulfone groups is 1. The minimum atomic E-state index is -4.44. The highest BCUT2D eigenvalue weighted by molar-refractivity contribution is 7.94. The maximum atomic E-state index is 12.8. The summed E-state index contributed by atoms with van der Waals surface area (Å²) < 4.78 is 55.2. The molecule has 3 N–H and O–H groups in total. The van der Waals surface area contributed by atoms with Crippen LogP contribution in [0.25, 0.3) is 0 Å². The second kappa shape index (κ2) is 8.41. The highest BCUT2D eigenvalue weighted by atomic mass is 32.2. The predicted octanol–water partition coefficient (Wildman–Crippen LogP) is 1.19. The summed E-state index contributed by atoms with van der Waals surface area (Å²) in [6.07, 6.45) is 0. The number of amides is 2. The lowest BCUT2D eigenvalue weighted by Gasteiger charge is -2.12. The van der Waals surface area contributed by atoms with E-state index in [1.54, 1.807) is 0 Å². The van der Waals surface area contributed by atoms with Gasteiger partial charge in [0.2, 0.25) is 6.04 Å². The predicted molar refractivity (Wildman–Crippen MR) is 113 cm³/mol. The zero-order chi connectivity index (χ0) is 23.7. The normalized spacial score (nSPS) is 16.9. The van der Waals surface area contributed by atoms with Crippen LogP contribution in [0.15, 0.2) is 85.6 Å². The summed E-state index contributed by atoms with van der Waals surface area (Å²) >= 11 is 0. The molecule has 32 heavy (non-hydrogen) atoms. The van der Waals surface area contributed by atoms with E-state index in [-0.39, 0.29) is 16.3 Å². The molecule has 1 aliphatic heterocycles. The molecule has 14 heteroatoms. The molecule has 0 radical (unpaired) electrons. The summed E-state index contributed by atoms with van der Waals surface area (Å²) in [7, 11) is -8.17. The van der Waals surface area contributed by atoms with Crippen LogP contribution in [0.5, 0.6) is 0 Å². The van der Waals surface area contributed by atoms with E-state index in [1.165, 1.54) is 36.4 Å². The van der Waals surface area contributed by atoms with Crippen molar-refractivity contribution in [2.45, 2.75) is 15.8 Å². The number of hydrogen-bond donors (Lipinski definition) is 2. The molecule has 0 saturated carbocycles. The second-order valence-corrected chi connectivity index (χ2v) is 9.61. The Morgan fingerprint density at radius 1 is 1.12 bits per heavy atom. The number of azo groups is 1. The van der Waals surface area contributed by atoms with Crippen LogP contribution < -0.4 is 10.7 Å². The third kappa shape index (κ3) is 4.61. The lowest BCUT2D eigenvalue weighted by atomic mass is 10.2. The Bertz CT molecular complexity index is 1380. The molecule has 1 unspecified atom stereocenters. The maximum Gasteiger partial charge on any atom is 0.294 e. The number of nitrogens with two attached hydrogens (primary N) is 1. The number of primary amides is 1. The Morgan fingerprint density at radius 3 is 2.34 bits per heavy atom. The molecule has 0 bridgehead atoms. The van der Waals surface area contributed by atoms with Gasteiger partial charge in [0.05, 0.1) is 21.2 Å². The molecule has 2 amide bonds. The Balaban J connectivity index is 1.92. The lowest BCUT2D eigenvalue weighted by Crippen LogP contribution is -2.35. The number of carbonyl (C=O) groups excluding carboxylic acids is 2. The van der Waals surface area contributed by atoms with Gasteiger partial charge in [-0.3, -0.25) is 14.1 Å². The number of nitrogens with zero attached hydrogens (tertiary/aromatic N) is 4. The van der Waals surface area contributed by atoms with E-state index in [9.17, 15) is 26.4 Å². The molecule has 0 aliphatic carbocycles. The van der Waals surface area contributed by atoms with E-state index < -0.39 is 48.4 Å². The second-order valence-electron chi connectivity index (χ2n) is 6.30. The van der Waals surface area contributed by atoms with Gasteiger partial charge in [-0.1, -0.05) is 12.6 Å². The third-order valence-corrected chi connectivity index (χ3v) is 6.41. The van der Waals surface area contributed by atoms with E-state index in [4.69, 9.17) is 10.3 Å². The molecule has 1 heterocycles. The molecule has 2 aromatic rings. The highest BCUT2D eigenvalue weighted by Crippen LogP contribution is 2.26. The molecule has 1 aliphatic rings. The van der Waals surface area contributed by atoms with Gasteiger partial charge in [-0.05, 0) is 42.5 Å². The zero-order valence-corrected chi connectivity index (χ0v) is 17.7. The largest absolute Gasteiger partial charge is 0.364 e. The third-order valence-electron chi connectivity index (χ3n) is 4.20. The van der Waals surface area contributed by atoms with Gasteiger partial charge in [-0.15, -0.1) is 0 Å². The van der Waals surface area contributed by atoms with Crippen LogP contribution in [0.2, 0.25) is 0 Å². The fourth-order valence-corrected chi connectivity index (χ4v) is 3.85. The number of hydrogen-bond acceptors (Lipinski definition) is 9. The zero-order valence-electron chi connectivity index (χ0n) is 16.1. The van der Waals surface area contributed by atoms with E-state index >= 15 is 0 Å². The van der Waals surface area contributed by atoms with E-state index in [1.807, 2.05) is 0 Å². The Morgan fingerprint density at radius 2 is 1.78 bits per heavy atom. The number of hydrazone groups is 1. The van der Waals surface area contributed by atoms with Crippen molar-refractivity contribution in [2.75, 3.05) is 5.01 Å². The SMILES string of the molecule is C=CS(=O)(=O)c1cccc(N=NC2C(=O)N(c3ccc(S(=O)(=O)O)cc3)N=C2C(N)=O)c1. The molecule has 12 nitrogen and oxygen atoms in total. The van der Waals surface area contributed by atoms with Crippen molar-refractivity contribution < 1.29 is 31.0 Å². The van der Waals surface area contributed by atoms with Gasteiger partial charge in [0, 0.05) is 5.41 Å². The van der Waals surface area contributed by atoms with Crippen molar-refractivity contribution in [1.82, 2.24) is 0 Å². The van der Waals surface area contributed by atoms with Crippen molar-refractivity contribution in [3.05, 3.63) is 60.5 Å². The van der Waals surface area contributed by atoms with Crippen molar-refractivity contribution in [3.8, 4) is 0 Å². The summed E-state index contributed by atoms with van der Waals surface area (Å²) in [5, 5.41) is 13.0. The van der Waals surface area contributed by atoms with Crippen molar-refractivity contribution >= 4 is 48.9 Å². The number of rotatable bonds is 7. The fourth-order valence-electron chi connectivity index (χ4n) is 2.62. The van der Waals surface area contributed by atoms with Gasteiger partial charge in [0.1, 0.15) is 0 Å². The van der Waals surface area contributed by atoms with Gasteiger partial charge in [-0.25, -0.2) is 8.42 Å². The molecular formula is C18H15N5O7S2. The molecule has 2 aromatic carbocycles. The van der Waals surface area contributed by atoms with E-state index in [0.29, 0.717) is 0 Å². The smallest absolute Gasteiger partial charge is 0.294 e. The summed E-state index contributed by atoms with van der Waals surface area (Å²) in [6, 6.07) is 8.31. The highest BCUT2D eigenvalue weighted by Gasteiger charge is 2.40. The summed E-state index contributed by atoms with van der Waals surface area (Å²) in [5.74, 6) is -1.85. The Hall–Kier alpha value is -3.75. The fraction of sp³-hybridized carbons (Fsp3) is 0.0556. The Labute approximate surface area is 182 Å². The van der Waals surface area contributed by atoms with Gasteiger partial charge in [-0.2, -0.15) is 28.8 Å². The number of carbonyl (C=O) groups is 2. The maximum absolute atomic E-state index is 12.8. The van der Waals surface area contributed by atoms with Crippen LogP contribution in [0.4, 0.5) is 11.4 Å². The monoisotopic (exact) mass is 477 g/mol. The topological polar surface area (TPSA) is 189 Å². The molecule has 1 atom stereocenters. The molecule has 166 valence electrons. The Kier molecular flexibility index (Phi) is 6.03. The minimum Gasteiger partial charge on any atom is -0.364 e. The van der Waals surface area contributed by atoms with E-state index in [2.05, 4.69) is 21.9 Å². The van der Waals surface area contributed by atoms with Crippen molar-refractivity contribution in [2.24, 2.45) is 21.1 Å².